The lowest BCUT2D eigenvalue weighted by Gasteiger charge is -2.30. The Kier molecular flexibility index (Phi) is 6.09. The number of hydrogen-bond acceptors (Lipinski definition) is 7. The summed E-state index contributed by atoms with van der Waals surface area (Å²) in [5.74, 6) is -0.331. The lowest BCUT2D eigenvalue weighted by molar-refractivity contribution is -0.136. The number of ether oxygens (including phenoxy) is 1. The van der Waals surface area contributed by atoms with E-state index in [1.54, 1.807) is 44.9 Å². The number of thiazole rings is 1. The van der Waals surface area contributed by atoms with Crippen molar-refractivity contribution in [3.8, 4) is 5.75 Å². The van der Waals surface area contributed by atoms with Crippen LogP contribution < -0.4 is 10.1 Å². The van der Waals surface area contributed by atoms with Crippen molar-refractivity contribution in [1.29, 1.82) is 0 Å². The fraction of sp³-hybridized carbons (Fsp3) is 0.400. The van der Waals surface area contributed by atoms with Gasteiger partial charge in [0.1, 0.15) is 23.6 Å². The van der Waals surface area contributed by atoms with Crippen molar-refractivity contribution in [1.82, 2.24) is 25.0 Å². The molecule has 2 aromatic heterocycles. The second-order valence-electron chi connectivity index (χ2n) is 7.44. The number of fused-ring (bicyclic) bond motifs is 1. The number of aromatic nitrogens is 3. The summed E-state index contributed by atoms with van der Waals surface area (Å²) in [6.07, 6.45) is 0. The zero-order valence-corrected chi connectivity index (χ0v) is 18.4. The number of amides is 2. The van der Waals surface area contributed by atoms with E-state index in [4.69, 9.17) is 4.74 Å². The van der Waals surface area contributed by atoms with E-state index in [2.05, 4.69) is 15.4 Å². The Labute approximate surface area is 178 Å². The summed E-state index contributed by atoms with van der Waals surface area (Å²) in [4.78, 5) is 32.0. The molecule has 30 heavy (non-hydrogen) atoms. The molecule has 2 amide bonds. The Bertz CT molecular complexity index is 1090. The third kappa shape index (κ3) is 4.14. The molecule has 0 saturated carbocycles. The van der Waals surface area contributed by atoms with Crippen LogP contribution in [-0.2, 0) is 18.4 Å². The summed E-state index contributed by atoms with van der Waals surface area (Å²) in [7, 11) is 4.78. The van der Waals surface area contributed by atoms with Gasteiger partial charge in [-0.2, -0.15) is 5.10 Å². The first-order chi connectivity index (χ1) is 14.2. The molecule has 10 heteroatoms. The molecular formula is C20H25N5O4S. The van der Waals surface area contributed by atoms with Crippen molar-refractivity contribution in [2.45, 2.75) is 26.0 Å². The number of nitrogens with one attached hydrogen (secondary N) is 1. The molecule has 9 nitrogen and oxygen atoms in total. The van der Waals surface area contributed by atoms with E-state index in [0.29, 0.717) is 23.3 Å². The largest absolute Gasteiger partial charge is 0.488 e. The minimum atomic E-state index is -1.45. The van der Waals surface area contributed by atoms with E-state index in [-0.39, 0.29) is 5.69 Å². The molecule has 3 rings (SSSR count). The topological polar surface area (TPSA) is 110 Å². The molecule has 1 unspecified atom stereocenters. The fourth-order valence-corrected chi connectivity index (χ4v) is 3.80. The number of likely N-dealkylation sites (N-methyl/N-ethyl adjacent to an activating group) is 1. The standard InChI is InChI=1S/C20H25N5O4S/c1-12-16(30-11-21-12)9-29-13-6-7-15-14(8-13)17(25(5)23-15)18(27)22-20(2,10-26)19(28)24(3)4/h6-8,11,26H,9-10H2,1-5H3,(H,22,27). The van der Waals surface area contributed by atoms with Crippen LogP contribution >= 0.6 is 11.3 Å². The Balaban J connectivity index is 1.89. The number of hydrogen-bond donors (Lipinski definition) is 2. The summed E-state index contributed by atoms with van der Waals surface area (Å²) in [6.45, 7) is 3.25. The Hall–Kier alpha value is -2.98. The number of aliphatic hydroxyl groups excluding tert-OH is 1. The number of aryl methyl sites for hydroxylation is 2. The number of aliphatic hydroxyl groups is 1. The predicted molar refractivity (Wildman–Crippen MR) is 114 cm³/mol. The van der Waals surface area contributed by atoms with Gasteiger partial charge in [0.2, 0.25) is 5.91 Å². The van der Waals surface area contributed by atoms with Crippen LogP contribution in [0.2, 0.25) is 0 Å². The second kappa shape index (κ2) is 8.41. The van der Waals surface area contributed by atoms with Crippen molar-refractivity contribution >= 4 is 34.1 Å². The lowest BCUT2D eigenvalue weighted by Crippen LogP contribution is -2.59. The first-order valence-electron chi connectivity index (χ1n) is 9.30. The molecule has 0 aliphatic heterocycles. The summed E-state index contributed by atoms with van der Waals surface area (Å²) < 4.78 is 7.33. The van der Waals surface area contributed by atoms with E-state index in [1.807, 2.05) is 6.92 Å². The number of carbonyl (C=O) groups is 2. The fourth-order valence-electron chi connectivity index (χ4n) is 3.11. The molecule has 3 aromatic rings. The molecular weight excluding hydrogens is 406 g/mol. The van der Waals surface area contributed by atoms with Crippen molar-refractivity contribution < 1.29 is 19.4 Å². The van der Waals surface area contributed by atoms with Gasteiger partial charge in [0.05, 0.1) is 28.2 Å². The molecule has 1 aromatic carbocycles. The summed E-state index contributed by atoms with van der Waals surface area (Å²) >= 11 is 1.52. The average Bonchev–Trinajstić information content (AvgIpc) is 3.26. The highest BCUT2D eigenvalue weighted by molar-refractivity contribution is 7.09. The Morgan fingerprint density at radius 3 is 2.70 bits per heavy atom. The van der Waals surface area contributed by atoms with Crippen LogP contribution in [0, 0.1) is 6.92 Å². The minimum Gasteiger partial charge on any atom is -0.488 e. The van der Waals surface area contributed by atoms with Gasteiger partial charge in [-0.15, -0.1) is 11.3 Å². The summed E-state index contributed by atoms with van der Waals surface area (Å²) in [5.41, 5.74) is 2.14. The summed E-state index contributed by atoms with van der Waals surface area (Å²) in [5, 5.41) is 17.4. The van der Waals surface area contributed by atoms with E-state index < -0.39 is 24.0 Å². The molecule has 0 aliphatic carbocycles. The van der Waals surface area contributed by atoms with Gasteiger partial charge in [0.25, 0.3) is 5.91 Å². The molecule has 2 N–H and O–H groups in total. The van der Waals surface area contributed by atoms with Crippen molar-refractivity contribution in [3.05, 3.63) is 40.0 Å². The molecule has 0 radical (unpaired) electrons. The molecule has 1 atom stereocenters. The van der Waals surface area contributed by atoms with Crippen molar-refractivity contribution in [2.75, 3.05) is 20.7 Å². The molecule has 0 bridgehead atoms. The van der Waals surface area contributed by atoms with Crippen molar-refractivity contribution in [3.63, 3.8) is 0 Å². The van der Waals surface area contributed by atoms with Crippen LogP contribution in [0.3, 0.4) is 0 Å². The summed E-state index contributed by atoms with van der Waals surface area (Å²) in [6, 6.07) is 5.32. The van der Waals surface area contributed by atoms with Gasteiger partial charge in [-0.25, -0.2) is 4.98 Å². The van der Waals surface area contributed by atoms with E-state index in [0.717, 1.165) is 10.6 Å². The first kappa shape index (κ1) is 21.7. The average molecular weight is 432 g/mol. The number of benzene rings is 1. The monoisotopic (exact) mass is 431 g/mol. The van der Waals surface area contributed by atoms with E-state index in [9.17, 15) is 14.7 Å². The molecule has 160 valence electrons. The molecule has 0 aliphatic rings. The highest BCUT2D eigenvalue weighted by atomic mass is 32.1. The zero-order chi connectivity index (χ0) is 22.1. The van der Waals surface area contributed by atoms with E-state index >= 15 is 0 Å². The van der Waals surface area contributed by atoms with E-state index in [1.165, 1.54) is 27.8 Å². The Morgan fingerprint density at radius 1 is 1.37 bits per heavy atom. The van der Waals surface area contributed by atoms with Crippen LogP contribution in [0.15, 0.2) is 23.7 Å². The third-order valence-electron chi connectivity index (χ3n) is 4.82. The van der Waals surface area contributed by atoms with Gasteiger partial charge in [-0.1, -0.05) is 0 Å². The second-order valence-corrected chi connectivity index (χ2v) is 8.38. The van der Waals surface area contributed by atoms with Gasteiger partial charge >= 0.3 is 0 Å². The smallest absolute Gasteiger partial charge is 0.271 e. The van der Waals surface area contributed by atoms with Crippen LogP contribution in [0.4, 0.5) is 0 Å². The first-order valence-corrected chi connectivity index (χ1v) is 10.2. The molecule has 2 heterocycles. The van der Waals surface area contributed by atoms with Crippen LogP contribution in [0.1, 0.15) is 28.0 Å². The normalized spacial score (nSPS) is 13.1. The highest BCUT2D eigenvalue weighted by Crippen LogP contribution is 2.25. The number of rotatable bonds is 7. The third-order valence-corrected chi connectivity index (χ3v) is 5.73. The quantitative estimate of drug-likeness (QED) is 0.587. The van der Waals surface area contributed by atoms with Gasteiger partial charge in [0.15, 0.2) is 0 Å². The van der Waals surface area contributed by atoms with Gasteiger partial charge in [-0.05, 0) is 32.0 Å². The minimum absolute atomic E-state index is 0.274. The molecule has 0 saturated heterocycles. The van der Waals surface area contributed by atoms with Gasteiger partial charge in [-0.3, -0.25) is 14.3 Å². The maximum absolute atomic E-state index is 13.0. The maximum Gasteiger partial charge on any atom is 0.271 e. The maximum atomic E-state index is 13.0. The highest BCUT2D eigenvalue weighted by Gasteiger charge is 2.36. The Morgan fingerprint density at radius 2 is 2.10 bits per heavy atom. The lowest BCUT2D eigenvalue weighted by atomic mass is 10.0. The van der Waals surface area contributed by atoms with Crippen molar-refractivity contribution in [2.24, 2.45) is 7.05 Å². The van der Waals surface area contributed by atoms with Crippen LogP contribution in [0.5, 0.6) is 5.75 Å². The van der Waals surface area contributed by atoms with Crippen LogP contribution in [-0.4, -0.2) is 62.8 Å². The molecule has 0 fully saturated rings. The zero-order valence-electron chi connectivity index (χ0n) is 17.6. The molecule has 0 spiro atoms. The number of nitrogens with zero attached hydrogens (tertiary/aromatic N) is 4. The van der Waals surface area contributed by atoms with Gasteiger partial charge < -0.3 is 20.1 Å². The number of carbonyl (C=O) groups excluding carboxylic acids is 2. The van der Waals surface area contributed by atoms with Gasteiger partial charge in [0, 0.05) is 26.5 Å². The predicted octanol–water partition coefficient (Wildman–Crippen LogP) is 1.49. The van der Waals surface area contributed by atoms with Crippen LogP contribution in [0.25, 0.3) is 10.9 Å². The SMILES string of the molecule is Cc1ncsc1COc1ccc2nn(C)c(C(=O)NC(C)(CO)C(=O)N(C)C)c2c1.